The molecule has 6 aromatic rings. The van der Waals surface area contributed by atoms with Crippen LogP contribution in [0.3, 0.4) is 0 Å². The summed E-state index contributed by atoms with van der Waals surface area (Å²) in [5.74, 6) is 0.117. The summed E-state index contributed by atoms with van der Waals surface area (Å²) in [5, 5.41) is 5.52. The number of phosphoric ester groups is 2. The summed E-state index contributed by atoms with van der Waals surface area (Å²) in [6.45, 7) is 6.40. The van der Waals surface area contributed by atoms with Crippen LogP contribution in [0.2, 0.25) is 0 Å². The Balaban J connectivity index is 0.928. The first kappa shape index (κ1) is 61.2. The van der Waals surface area contributed by atoms with Crippen LogP contribution in [0.15, 0.2) is 72.8 Å². The maximum atomic E-state index is 14.8. The standard InChI is InChI=1S/C62H78N8O14P2/c1-35(2)55(65-61(73)81-5)59(71)69-49-13-9-7-11-43(49)31-53(69)57-63-47-25-23-41(29-51(47)67(57)33-83-85(75,76)77)45-27-37-15-19-39(45)21-17-38-16-20-40(22-18-37)46(28-38)42-24-26-48-52(30-42)68(34-84-86(78,79)80)58(64-48)54-32-44-12-8-10-14-50(44)70(54)60(72)56(36(3)4)66-62(74)82-6/h15-16,19-20,23-30,35-36,43-44,49-50,53-56H,7-14,17-18,21-22,31-34H2,1-6H3,(H,65,73)(H,66,74)(H2,75,76,77)(H2,78,79,80)/t43-,44-,49-,50-,53-,54-,55-,56-/m0/s1. The predicted molar refractivity (Wildman–Crippen MR) is 320 cm³/mol. The molecule has 4 heterocycles. The molecule has 8 atom stereocenters. The second-order valence-electron chi connectivity index (χ2n) is 24.6. The van der Waals surface area contributed by atoms with E-state index in [0.717, 1.165) is 95.9 Å². The van der Waals surface area contributed by atoms with Crippen LogP contribution in [-0.4, -0.2) is 111 Å². The Morgan fingerprint density at radius 1 is 0.558 bits per heavy atom. The zero-order valence-corrected chi connectivity index (χ0v) is 51.3. The van der Waals surface area contributed by atoms with E-state index in [2.05, 4.69) is 47.0 Å². The highest BCUT2D eigenvalue weighted by Gasteiger charge is 2.51. The molecule has 2 aromatic heterocycles. The molecule has 86 heavy (non-hydrogen) atoms. The van der Waals surface area contributed by atoms with Crippen LogP contribution >= 0.6 is 15.6 Å². The molecular weight excluding hydrogens is 1140 g/mol. The number of carbonyl (C=O) groups is 4. The Kier molecular flexibility index (Phi) is 17.7. The molecule has 4 bridgehead atoms. The predicted octanol–water partition coefficient (Wildman–Crippen LogP) is 10.2. The number of carbonyl (C=O) groups excluding carboxylic acids is 4. The third-order valence-electron chi connectivity index (χ3n) is 18.7. The molecule has 4 amide bonds. The van der Waals surface area contributed by atoms with E-state index in [1.54, 1.807) is 9.13 Å². The Hall–Kier alpha value is -6.48. The molecule has 2 saturated carbocycles. The van der Waals surface area contributed by atoms with Crippen molar-refractivity contribution in [3.05, 3.63) is 107 Å². The Morgan fingerprint density at radius 2 is 0.953 bits per heavy atom. The number of nitrogens with zero attached hydrogens (tertiary/aromatic N) is 6. The largest absolute Gasteiger partial charge is 0.471 e. The topological polar surface area (TPSA) is 286 Å². The van der Waals surface area contributed by atoms with Gasteiger partial charge in [0.05, 0.1) is 48.4 Å². The lowest BCUT2D eigenvalue weighted by atomic mass is 9.84. The van der Waals surface area contributed by atoms with E-state index in [9.17, 15) is 47.9 Å². The molecule has 24 heteroatoms. The number of phosphoric acid groups is 2. The fourth-order valence-corrected chi connectivity index (χ4v) is 15.0. The number of hydrogen-bond acceptors (Lipinski definition) is 12. The van der Waals surface area contributed by atoms with Gasteiger partial charge in [-0.2, -0.15) is 0 Å². The first-order valence-corrected chi connectivity index (χ1v) is 33.1. The van der Waals surface area contributed by atoms with Crippen LogP contribution in [0.25, 0.3) is 44.3 Å². The Labute approximate surface area is 499 Å². The van der Waals surface area contributed by atoms with Gasteiger partial charge in [0, 0.05) is 12.1 Å². The average Bonchev–Trinajstić information content (AvgIpc) is 2.20. The third-order valence-corrected chi connectivity index (χ3v) is 19.6. The van der Waals surface area contributed by atoms with Gasteiger partial charge in [-0.05, 0) is 157 Å². The van der Waals surface area contributed by atoms with Gasteiger partial charge in [-0.1, -0.05) is 102 Å². The van der Waals surface area contributed by atoms with Crippen molar-refractivity contribution in [2.75, 3.05) is 14.2 Å². The van der Waals surface area contributed by atoms with Crippen molar-refractivity contribution in [3.63, 3.8) is 0 Å². The van der Waals surface area contributed by atoms with Crippen molar-refractivity contribution < 1.29 is 66.4 Å². The highest BCUT2D eigenvalue weighted by molar-refractivity contribution is 7.46. The molecule has 0 spiro atoms. The van der Waals surface area contributed by atoms with E-state index in [0.29, 0.717) is 72.2 Å². The number of imidazole rings is 2. The maximum absolute atomic E-state index is 14.8. The van der Waals surface area contributed by atoms with Gasteiger partial charge in [0.15, 0.2) is 0 Å². The average molecular weight is 1220 g/mol. The van der Waals surface area contributed by atoms with Crippen LogP contribution < -0.4 is 10.6 Å². The molecule has 0 unspecified atom stereocenters. The second kappa shape index (κ2) is 25.0. The Bertz CT molecular complexity index is 3430. The molecule has 4 fully saturated rings. The number of nitrogens with one attached hydrogen (secondary N) is 2. The molecule has 6 N–H and O–H groups in total. The number of alkyl carbamates (subject to hydrolysis) is 2. The lowest BCUT2D eigenvalue weighted by molar-refractivity contribution is -0.139. The monoisotopic (exact) mass is 1220 g/mol. The number of aryl methyl sites for hydroxylation is 4. The molecule has 6 aliphatic carbocycles. The fourth-order valence-electron chi connectivity index (χ4n) is 14.5. The second-order valence-corrected chi connectivity index (χ2v) is 27.1. The van der Waals surface area contributed by atoms with Gasteiger partial charge in [0.1, 0.15) is 37.2 Å². The van der Waals surface area contributed by atoms with Gasteiger partial charge < -0.3 is 58.6 Å². The quantitative estimate of drug-likeness (QED) is 0.0491. The van der Waals surface area contributed by atoms with E-state index >= 15 is 0 Å². The number of likely N-dealkylation sites (tertiary alicyclic amines) is 2. The molecule has 2 saturated heterocycles. The number of amides is 4. The van der Waals surface area contributed by atoms with Crippen molar-refractivity contribution in [3.8, 4) is 22.3 Å². The summed E-state index contributed by atoms with van der Waals surface area (Å²) in [6, 6.07) is 21.7. The molecule has 14 rings (SSSR count). The van der Waals surface area contributed by atoms with Gasteiger partial charge >= 0.3 is 27.8 Å². The highest BCUT2D eigenvalue weighted by atomic mass is 31.2. The summed E-state index contributed by atoms with van der Waals surface area (Å²) in [6.07, 6.45) is 9.61. The number of hydrogen-bond donors (Lipinski definition) is 6. The molecule has 460 valence electrons. The molecular formula is C62H78N8O14P2. The Morgan fingerprint density at radius 3 is 1.33 bits per heavy atom. The van der Waals surface area contributed by atoms with Crippen molar-refractivity contribution in [2.45, 2.75) is 167 Å². The normalized spacial score (nSPS) is 22.2. The number of rotatable bonds is 16. The van der Waals surface area contributed by atoms with E-state index < -0.39 is 65.5 Å². The number of aromatic nitrogens is 4. The van der Waals surface area contributed by atoms with Crippen molar-refractivity contribution in [1.82, 2.24) is 39.5 Å². The lowest BCUT2D eigenvalue weighted by Crippen LogP contribution is -2.54. The molecule has 0 radical (unpaired) electrons. The van der Waals surface area contributed by atoms with Crippen LogP contribution in [0.5, 0.6) is 0 Å². The van der Waals surface area contributed by atoms with E-state index in [1.807, 2.05) is 73.9 Å². The zero-order valence-electron chi connectivity index (χ0n) is 49.5. The smallest absolute Gasteiger partial charge is 0.453 e. The number of fused-ring (bicyclic) bond motifs is 4. The third kappa shape index (κ3) is 12.6. The minimum atomic E-state index is -4.99. The highest BCUT2D eigenvalue weighted by Crippen LogP contribution is 2.50. The van der Waals surface area contributed by atoms with Gasteiger partial charge in [-0.3, -0.25) is 18.6 Å². The summed E-state index contributed by atoms with van der Waals surface area (Å²) in [7, 11) is -7.46. The number of ether oxygens (including phenoxy) is 2. The number of methoxy groups -OCH3 is 2. The van der Waals surface area contributed by atoms with Crippen LogP contribution in [0.4, 0.5) is 9.59 Å². The fraction of sp³-hybridized carbons (Fsp3) is 0.516. The first-order valence-electron chi connectivity index (χ1n) is 30.1. The van der Waals surface area contributed by atoms with E-state index in [1.165, 1.54) is 14.2 Å². The summed E-state index contributed by atoms with van der Waals surface area (Å²) >= 11 is 0. The SMILES string of the molecule is COC(=O)N[C@H](C(=O)N1[C@H](c2nc3ccc(-c4cc5ccc4CCc4ccc(c(-c6ccc7nc([C@@H]8C[C@@H]9CCCC[C@@H]9N8C(=O)[C@@H](NC(=O)OC)C(C)C)n(COP(=O)(O)O)c7c6)c4)CC5)cc3n2COP(=O)(O)O)C[C@@H]2CCCC[C@@H]21)C(C)C. The van der Waals surface area contributed by atoms with E-state index in [-0.39, 0.29) is 47.6 Å². The molecule has 8 aliphatic rings. The first-order chi connectivity index (χ1) is 41.1. The summed E-state index contributed by atoms with van der Waals surface area (Å²) in [4.78, 5) is 109. The maximum Gasteiger partial charge on any atom is 0.471 e. The summed E-state index contributed by atoms with van der Waals surface area (Å²) in [5.41, 5.74) is 10.3. The summed E-state index contributed by atoms with van der Waals surface area (Å²) < 4.78 is 48.6. The van der Waals surface area contributed by atoms with E-state index in [4.69, 9.17) is 28.5 Å². The molecule has 22 nitrogen and oxygen atoms in total. The van der Waals surface area contributed by atoms with Gasteiger partial charge in [-0.25, -0.2) is 28.7 Å². The lowest BCUT2D eigenvalue weighted by Gasteiger charge is -2.37. The minimum Gasteiger partial charge on any atom is -0.453 e. The number of benzene rings is 4. The molecule has 2 aliphatic heterocycles. The van der Waals surface area contributed by atoms with Crippen molar-refractivity contribution in [1.29, 1.82) is 0 Å². The zero-order chi connectivity index (χ0) is 60.9. The van der Waals surface area contributed by atoms with Gasteiger partial charge in [0.25, 0.3) is 0 Å². The van der Waals surface area contributed by atoms with Gasteiger partial charge in [-0.15, -0.1) is 0 Å². The van der Waals surface area contributed by atoms with Crippen molar-refractivity contribution in [2.24, 2.45) is 23.7 Å². The van der Waals surface area contributed by atoms with Crippen molar-refractivity contribution >= 4 is 61.7 Å². The van der Waals surface area contributed by atoms with Crippen LogP contribution in [0.1, 0.15) is 138 Å². The molecule has 4 aromatic carbocycles. The van der Waals surface area contributed by atoms with Crippen LogP contribution in [-0.2, 0) is 76.4 Å². The minimum absolute atomic E-state index is 0.122. The van der Waals surface area contributed by atoms with Crippen LogP contribution in [0, 0.1) is 23.7 Å². The van der Waals surface area contributed by atoms with Gasteiger partial charge in [0.2, 0.25) is 11.8 Å².